The number of methoxy groups -OCH3 is 1. The van der Waals surface area contributed by atoms with Gasteiger partial charge in [-0.3, -0.25) is 0 Å². The van der Waals surface area contributed by atoms with Gasteiger partial charge in [0.05, 0.1) is 13.2 Å². The maximum atomic E-state index is 10.4. The third kappa shape index (κ3) is 3.17. The highest BCUT2D eigenvalue weighted by molar-refractivity contribution is 8.08. The minimum atomic E-state index is -0.596. The van der Waals surface area contributed by atoms with Crippen LogP contribution in [-0.4, -0.2) is 23.9 Å². The monoisotopic (exact) mass is 342 g/mol. The zero-order valence-corrected chi connectivity index (χ0v) is 15.2. The fourth-order valence-corrected chi connectivity index (χ4v) is 4.44. The molecule has 0 radical (unpaired) electrons. The van der Waals surface area contributed by atoms with E-state index in [0.29, 0.717) is 0 Å². The molecule has 1 N–H and O–H groups in total. The summed E-state index contributed by atoms with van der Waals surface area (Å²) in [6, 6.07) is 15.9. The van der Waals surface area contributed by atoms with Crippen molar-refractivity contribution in [3.63, 3.8) is 0 Å². The van der Waals surface area contributed by atoms with E-state index >= 15 is 0 Å². The Labute approximate surface area is 147 Å². The van der Waals surface area contributed by atoms with Gasteiger partial charge in [-0.1, -0.05) is 36.0 Å². The Kier molecular flexibility index (Phi) is 4.61. The summed E-state index contributed by atoms with van der Waals surface area (Å²) in [7, 11) is 1.66. The molecule has 0 aliphatic carbocycles. The first-order valence-corrected chi connectivity index (χ1v) is 8.77. The zero-order valence-electron chi connectivity index (χ0n) is 14.4. The Morgan fingerprint density at radius 3 is 2.58 bits per heavy atom. The zero-order chi connectivity index (χ0) is 17.3. The van der Waals surface area contributed by atoms with Crippen molar-refractivity contribution in [3.05, 3.63) is 59.7 Å². The molecule has 0 saturated carbocycles. The van der Waals surface area contributed by atoms with Gasteiger partial charge in [0.25, 0.3) is 0 Å². The fraction of sp³-hybridized carbons (Fsp3) is 0.300. The molecule has 1 aliphatic heterocycles. The van der Waals surface area contributed by atoms with Crippen molar-refractivity contribution in [2.24, 2.45) is 0 Å². The fourth-order valence-electron chi connectivity index (χ4n) is 3.08. The molecule has 0 fully saturated rings. The average molecular weight is 342 g/mol. The number of hydrogen-bond donors (Lipinski definition) is 1. The Hall–Kier alpha value is -1.91. The second-order valence-electron chi connectivity index (χ2n) is 6.31. The summed E-state index contributed by atoms with van der Waals surface area (Å²) < 4.78 is 11.5. The largest absolute Gasteiger partial charge is 0.497 e. The molecule has 0 amide bonds. The smallest absolute Gasteiger partial charge is 0.128 e. The van der Waals surface area contributed by atoms with Crippen molar-refractivity contribution in [1.82, 2.24) is 0 Å². The molecule has 24 heavy (non-hydrogen) atoms. The molecule has 2 aromatic carbocycles. The third-order valence-electron chi connectivity index (χ3n) is 4.07. The van der Waals surface area contributed by atoms with E-state index in [9.17, 15) is 5.11 Å². The number of aliphatic hydroxyl groups excluding tert-OH is 1. The topological polar surface area (TPSA) is 38.7 Å². The lowest BCUT2D eigenvalue weighted by atomic mass is 9.88. The summed E-state index contributed by atoms with van der Waals surface area (Å²) in [5.74, 6) is 1.66. The maximum absolute atomic E-state index is 10.4. The molecule has 4 heteroatoms. The van der Waals surface area contributed by atoms with E-state index in [0.717, 1.165) is 32.4 Å². The van der Waals surface area contributed by atoms with Crippen molar-refractivity contribution < 1.29 is 14.6 Å². The molecule has 1 atom stereocenters. The Balaban J connectivity index is 2.14. The van der Waals surface area contributed by atoms with Crippen LogP contribution in [0.25, 0.3) is 4.91 Å². The molecule has 1 unspecified atom stereocenters. The minimum Gasteiger partial charge on any atom is -0.497 e. The van der Waals surface area contributed by atoms with Gasteiger partial charge >= 0.3 is 0 Å². The van der Waals surface area contributed by atoms with E-state index in [1.54, 1.807) is 25.8 Å². The summed E-state index contributed by atoms with van der Waals surface area (Å²) in [6.07, 6.45) is -0.596. The van der Waals surface area contributed by atoms with Crippen molar-refractivity contribution in [1.29, 1.82) is 0 Å². The number of fused-ring (bicyclic) bond motifs is 1. The number of hydrogen-bond acceptors (Lipinski definition) is 4. The van der Waals surface area contributed by atoms with E-state index < -0.39 is 11.7 Å². The summed E-state index contributed by atoms with van der Waals surface area (Å²) >= 11 is 1.64. The van der Waals surface area contributed by atoms with Crippen LogP contribution >= 0.6 is 11.8 Å². The Morgan fingerprint density at radius 2 is 1.88 bits per heavy atom. The van der Waals surface area contributed by atoms with E-state index in [-0.39, 0.29) is 0 Å². The molecule has 2 aromatic rings. The number of thioether (sulfide) groups is 1. The van der Waals surface area contributed by atoms with E-state index in [1.165, 1.54) is 0 Å². The van der Waals surface area contributed by atoms with Crippen molar-refractivity contribution in [3.8, 4) is 11.5 Å². The van der Waals surface area contributed by atoms with Crippen molar-refractivity contribution >= 4 is 16.7 Å². The van der Waals surface area contributed by atoms with Gasteiger partial charge < -0.3 is 14.6 Å². The van der Waals surface area contributed by atoms with E-state index in [4.69, 9.17) is 9.47 Å². The van der Waals surface area contributed by atoms with Gasteiger partial charge in [0.2, 0.25) is 0 Å². The second kappa shape index (κ2) is 6.54. The maximum Gasteiger partial charge on any atom is 0.128 e. The molecule has 0 spiro atoms. The first kappa shape index (κ1) is 16.9. The number of para-hydroxylation sites is 1. The minimum absolute atomic E-state index is 0.566. The Bertz CT molecular complexity index is 778. The van der Waals surface area contributed by atoms with Crippen molar-refractivity contribution in [2.75, 3.05) is 7.11 Å². The molecule has 3 rings (SSSR count). The second-order valence-corrected chi connectivity index (χ2v) is 7.39. The number of aliphatic hydroxyl groups is 1. The van der Waals surface area contributed by atoms with Gasteiger partial charge in [-0.15, -0.1) is 0 Å². The Morgan fingerprint density at radius 1 is 1.12 bits per heavy atom. The van der Waals surface area contributed by atoms with Gasteiger partial charge in [-0.05, 0) is 45.0 Å². The third-order valence-corrected chi connectivity index (χ3v) is 5.20. The molecule has 0 saturated heterocycles. The SMILES string of the molecule is COc1cccc(SC2=C(C(C)O)C(C)(C)Oc3ccccc32)c1. The summed E-state index contributed by atoms with van der Waals surface area (Å²) in [4.78, 5) is 2.11. The molecule has 3 nitrogen and oxygen atoms in total. The molecule has 0 aromatic heterocycles. The summed E-state index contributed by atoms with van der Waals surface area (Å²) in [5.41, 5.74) is 1.35. The molecule has 1 heterocycles. The van der Waals surface area contributed by atoms with Crippen LogP contribution < -0.4 is 9.47 Å². The first-order valence-electron chi connectivity index (χ1n) is 7.95. The molecule has 1 aliphatic rings. The van der Waals surface area contributed by atoms with E-state index in [1.807, 2.05) is 62.4 Å². The van der Waals surface area contributed by atoms with Gasteiger partial charge in [-0.2, -0.15) is 0 Å². The lowest BCUT2D eigenvalue weighted by molar-refractivity contribution is 0.105. The van der Waals surface area contributed by atoms with Crippen LogP contribution in [0.1, 0.15) is 26.3 Å². The van der Waals surface area contributed by atoms with Crippen LogP contribution in [0.4, 0.5) is 0 Å². The van der Waals surface area contributed by atoms with Gasteiger partial charge in [-0.25, -0.2) is 0 Å². The van der Waals surface area contributed by atoms with E-state index in [2.05, 4.69) is 0 Å². The number of benzene rings is 2. The van der Waals surface area contributed by atoms with Crippen LogP contribution in [0.2, 0.25) is 0 Å². The van der Waals surface area contributed by atoms with Crippen LogP contribution in [0.5, 0.6) is 11.5 Å². The molecular weight excluding hydrogens is 320 g/mol. The highest BCUT2D eigenvalue weighted by atomic mass is 32.2. The van der Waals surface area contributed by atoms with Crippen molar-refractivity contribution in [2.45, 2.75) is 37.4 Å². The summed E-state index contributed by atoms with van der Waals surface area (Å²) in [6.45, 7) is 5.79. The standard InChI is InChI=1S/C20H22O3S/c1-13(21)18-19(24-15-9-7-8-14(12-15)22-4)16-10-5-6-11-17(16)23-20(18,2)3/h5-13,21H,1-4H3. The lowest BCUT2D eigenvalue weighted by Crippen LogP contribution is -2.38. The highest BCUT2D eigenvalue weighted by Crippen LogP contribution is 2.49. The van der Waals surface area contributed by atoms with Gasteiger partial charge in [0.15, 0.2) is 0 Å². The number of rotatable bonds is 4. The van der Waals surface area contributed by atoms with Crippen LogP contribution in [0, 0.1) is 0 Å². The predicted octanol–water partition coefficient (Wildman–Crippen LogP) is 4.75. The average Bonchev–Trinajstić information content (AvgIpc) is 2.53. The first-order chi connectivity index (χ1) is 11.4. The van der Waals surface area contributed by atoms with Crippen LogP contribution in [0.15, 0.2) is 59.0 Å². The lowest BCUT2D eigenvalue weighted by Gasteiger charge is -2.38. The van der Waals surface area contributed by atoms with Crippen LogP contribution in [-0.2, 0) is 0 Å². The predicted molar refractivity (Wildman–Crippen MR) is 98.6 cm³/mol. The summed E-state index contributed by atoms with van der Waals surface area (Å²) in [5, 5.41) is 10.4. The molecule has 126 valence electrons. The quantitative estimate of drug-likeness (QED) is 0.870. The molecule has 0 bridgehead atoms. The van der Waals surface area contributed by atoms with Gasteiger partial charge in [0.1, 0.15) is 17.1 Å². The van der Waals surface area contributed by atoms with Gasteiger partial charge in [0, 0.05) is 20.9 Å². The molecular formula is C20H22O3S. The normalized spacial score (nSPS) is 17.0. The van der Waals surface area contributed by atoms with Crippen LogP contribution in [0.3, 0.4) is 0 Å². The number of ether oxygens (including phenoxy) is 2. The highest BCUT2D eigenvalue weighted by Gasteiger charge is 2.37.